The molecule has 1 N–H and O–H groups in total. The molecule has 0 aliphatic heterocycles. The van der Waals surface area contributed by atoms with Gasteiger partial charge in [-0.15, -0.1) is 0 Å². The average Bonchev–Trinajstić information content (AvgIpc) is 2.48. The van der Waals surface area contributed by atoms with Gasteiger partial charge >= 0.3 is 5.97 Å². The van der Waals surface area contributed by atoms with Crippen LogP contribution in [0.25, 0.3) is 0 Å². The Kier molecular flexibility index (Phi) is 6.69. The van der Waals surface area contributed by atoms with Gasteiger partial charge in [-0.3, -0.25) is 9.59 Å². The van der Waals surface area contributed by atoms with Crippen LogP contribution in [-0.2, 0) is 19.7 Å². The highest BCUT2D eigenvalue weighted by Crippen LogP contribution is 2.31. The van der Waals surface area contributed by atoms with Gasteiger partial charge in [0.15, 0.2) is 6.54 Å². The SMILES string of the molecule is CCCC(C)(C(=O)OCC)c1ccc(NC(=O)CN=O)cc1. The zero-order chi connectivity index (χ0) is 16.6. The van der Waals surface area contributed by atoms with Crippen LogP contribution in [-0.4, -0.2) is 25.0 Å². The quantitative estimate of drug-likeness (QED) is 0.591. The molecular formula is C16H22N2O4. The molecule has 0 fully saturated rings. The third-order valence-corrected chi connectivity index (χ3v) is 3.49. The molecule has 0 aliphatic carbocycles. The van der Waals surface area contributed by atoms with Crippen molar-refractivity contribution >= 4 is 17.6 Å². The number of carbonyl (C=O) groups is 2. The molecular weight excluding hydrogens is 284 g/mol. The van der Waals surface area contributed by atoms with Gasteiger partial charge in [0.2, 0.25) is 5.91 Å². The fourth-order valence-electron chi connectivity index (χ4n) is 2.34. The lowest BCUT2D eigenvalue weighted by molar-refractivity contribution is -0.149. The van der Waals surface area contributed by atoms with E-state index in [1.54, 1.807) is 31.2 Å². The molecule has 1 rings (SSSR count). The lowest BCUT2D eigenvalue weighted by atomic mass is 9.78. The smallest absolute Gasteiger partial charge is 0.316 e. The largest absolute Gasteiger partial charge is 0.465 e. The van der Waals surface area contributed by atoms with Crippen molar-refractivity contribution in [3.8, 4) is 0 Å². The maximum atomic E-state index is 12.3. The summed E-state index contributed by atoms with van der Waals surface area (Å²) in [6, 6.07) is 6.98. The van der Waals surface area contributed by atoms with Crippen LogP contribution in [0.15, 0.2) is 29.4 Å². The summed E-state index contributed by atoms with van der Waals surface area (Å²) in [5, 5.41) is 5.09. The summed E-state index contributed by atoms with van der Waals surface area (Å²) in [5.74, 6) is -0.719. The Labute approximate surface area is 130 Å². The number of nitrogens with zero attached hydrogens (tertiary/aromatic N) is 1. The first-order valence-electron chi connectivity index (χ1n) is 7.34. The second kappa shape index (κ2) is 8.26. The summed E-state index contributed by atoms with van der Waals surface area (Å²) in [4.78, 5) is 33.6. The van der Waals surface area contributed by atoms with Crippen molar-refractivity contribution in [2.24, 2.45) is 5.18 Å². The van der Waals surface area contributed by atoms with Gasteiger partial charge < -0.3 is 10.1 Å². The molecule has 22 heavy (non-hydrogen) atoms. The van der Waals surface area contributed by atoms with E-state index >= 15 is 0 Å². The van der Waals surface area contributed by atoms with E-state index in [4.69, 9.17) is 4.74 Å². The Hall–Kier alpha value is -2.24. The van der Waals surface area contributed by atoms with Crippen LogP contribution in [0.1, 0.15) is 39.2 Å². The van der Waals surface area contributed by atoms with Gasteiger partial charge in [0.25, 0.3) is 0 Å². The van der Waals surface area contributed by atoms with Crippen LogP contribution in [0.4, 0.5) is 5.69 Å². The minimum absolute atomic E-state index is 0.251. The van der Waals surface area contributed by atoms with Crippen molar-refractivity contribution in [2.75, 3.05) is 18.5 Å². The van der Waals surface area contributed by atoms with E-state index in [9.17, 15) is 14.5 Å². The molecule has 0 aromatic heterocycles. The highest BCUT2D eigenvalue weighted by atomic mass is 16.5. The van der Waals surface area contributed by atoms with Crippen LogP contribution in [0, 0.1) is 4.91 Å². The number of ether oxygens (including phenoxy) is 1. The summed E-state index contributed by atoms with van der Waals surface area (Å²) in [5.41, 5.74) is 0.678. The number of amides is 1. The summed E-state index contributed by atoms with van der Waals surface area (Å²) >= 11 is 0. The van der Waals surface area contributed by atoms with Gasteiger partial charge in [-0.05, 0) is 38.0 Å². The molecule has 6 heteroatoms. The Bertz CT molecular complexity index is 527. The van der Waals surface area contributed by atoms with Crippen LogP contribution in [0.5, 0.6) is 0 Å². The highest BCUT2D eigenvalue weighted by Gasteiger charge is 2.35. The molecule has 1 atom stereocenters. The topological polar surface area (TPSA) is 84.8 Å². The number of hydrogen-bond acceptors (Lipinski definition) is 5. The maximum absolute atomic E-state index is 12.3. The van der Waals surface area contributed by atoms with Crippen molar-refractivity contribution in [1.29, 1.82) is 0 Å². The minimum atomic E-state index is -0.711. The molecule has 1 amide bonds. The number of benzene rings is 1. The molecule has 1 aromatic rings. The van der Waals surface area contributed by atoms with Crippen LogP contribution in [0.2, 0.25) is 0 Å². The Morgan fingerprint density at radius 2 is 1.86 bits per heavy atom. The third-order valence-electron chi connectivity index (χ3n) is 3.49. The monoisotopic (exact) mass is 306 g/mol. The summed E-state index contributed by atoms with van der Waals surface area (Å²) in [7, 11) is 0. The standard InChI is InChI=1S/C16H22N2O4/c1-4-10-16(3,15(20)22-5-2)12-6-8-13(9-7-12)18-14(19)11-17-21/h6-9H,4-5,10-11H2,1-3H3,(H,18,19). The molecule has 0 saturated carbocycles. The number of esters is 1. The van der Waals surface area contributed by atoms with E-state index in [-0.39, 0.29) is 5.97 Å². The van der Waals surface area contributed by atoms with E-state index in [1.165, 1.54) is 0 Å². The van der Waals surface area contributed by atoms with Crippen molar-refractivity contribution in [1.82, 2.24) is 0 Å². The third kappa shape index (κ3) is 4.38. The van der Waals surface area contributed by atoms with Gasteiger partial charge in [0, 0.05) is 5.69 Å². The molecule has 0 spiro atoms. The number of nitrogens with one attached hydrogen (secondary N) is 1. The maximum Gasteiger partial charge on any atom is 0.316 e. The van der Waals surface area contributed by atoms with Crippen LogP contribution < -0.4 is 5.32 Å². The predicted octanol–water partition coefficient (Wildman–Crippen LogP) is 3.01. The molecule has 0 saturated heterocycles. The zero-order valence-electron chi connectivity index (χ0n) is 13.2. The van der Waals surface area contributed by atoms with E-state index in [2.05, 4.69) is 10.5 Å². The number of rotatable bonds is 8. The lowest BCUT2D eigenvalue weighted by Crippen LogP contribution is -2.34. The first kappa shape index (κ1) is 17.8. The zero-order valence-corrected chi connectivity index (χ0v) is 13.2. The van der Waals surface area contributed by atoms with Gasteiger partial charge in [-0.1, -0.05) is 30.7 Å². The number of nitroso groups, excluding NO2 is 1. The minimum Gasteiger partial charge on any atom is -0.465 e. The number of carbonyl (C=O) groups excluding carboxylic acids is 2. The number of hydrogen-bond donors (Lipinski definition) is 1. The van der Waals surface area contributed by atoms with E-state index in [1.807, 2.05) is 13.8 Å². The summed E-state index contributed by atoms with van der Waals surface area (Å²) in [6.07, 6.45) is 1.52. The second-order valence-electron chi connectivity index (χ2n) is 5.22. The average molecular weight is 306 g/mol. The van der Waals surface area contributed by atoms with Gasteiger partial charge in [0.1, 0.15) is 0 Å². The fraction of sp³-hybridized carbons (Fsp3) is 0.500. The Morgan fingerprint density at radius 3 is 2.36 bits per heavy atom. The molecule has 6 nitrogen and oxygen atoms in total. The molecule has 1 aromatic carbocycles. The van der Waals surface area contributed by atoms with E-state index in [0.29, 0.717) is 18.7 Å². The van der Waals surface area contributed by atoms with Crippen molar-refractivity contribution in [3.05, 3.63) is 34.7 Å². The normalized spacial score (nSPS) is 13.0. The Balaban J connectivity index is 2.95. The van der Waals surface area contributed by atoms with Gasteiger partial charge in [0.05, 0.1) is 12.0 Å². The molecule has 1 unspecified atom stereocenters. The first-order chi connectivity index (χ1) is 10.5. The summed E-state index contributed by atoms with van der Waals surface area (Å²) < 4.78 is 5.18. The molecule has 0 aliphatic rings. The second-order valence-corrected chi connectivity index (χ2v) is 5.22. The van der Waals surface area contributed by atoms with E-state index in [0.717, 1.165) is 12.0 Å². The molecule has 0 bridgehead atoms. The van der Waals surface area contributed by atoms with Crippen LogP contribution >= 0.6 is 0 Å². The predicted molar refractivity (Wildman–Crippen MR) is 84.6 cm³/mol. The lowest BCUT2D eigenvalue weighted by Gasteiger charge is -2.27. The fourth-order valence-corrected chi connectivity index (χ4v) is 2.34. The summed E-state index contributed by atoms with van der Waals surface area (Å²) in [6.45, 7) is 5.57. The van der Waals surface area contributed by atoms with Crippen LogP contribution in [0.3, 0.4) is 0 Å². The number of anilines is 1. The molecule has 0 radical (unpaired) electrons. The molecule has 120 valence electrons. The first-order valence-corrected chi connectivity index (χ1v) is 7.34. The van der Waals surface area contributed by atoms with E-state index < -0.39 is 17.9 Å². The van der Waals surface area contributed by atoms with Gasteiger partial charge in [-0.25, -0.2) is 0 Å². The van der Waals surface area contributed by atoms with Crippen molar-refractivity contribution < 1.29 is 14.3 Å². The highest BCUT2D eigenvalue weighted by molar-refractivity contribution is 5.92. The Morgan fingerprint density at radius 1 is 1.23 bits per heavy atom. The van der Waals surface area contributed by atoms with Crippen molar-refractivity contribution in [3.63, 3.8) is 0 Å². The van der Waals surface area contributed by atoms with Gasteiger partial charge in [-0.2, -0.15) is 4.91 Å². The van der Waals surface area contributed by atoms with Crippen molar-refractivity contribution in [2.45, 2.75) is 39.0 Å². The molecule has 0 heterocycles.